The minimum absolute atomic E-state index is 0.705. The molecule has 1 heterocycles. The van der Waals surface area contributed by atoms with E-state index in [1.807, 2.05) is 38.1 Å². The molecule has 4 nitrogen and oxygen atoms in total. The molecule has 2 aromatic rings. The van der Waals surface area contributed by atoms with Gasteiger partial charge in [-0.3, -0.25) is 0 Å². The number of hydrogen-bond donors (Lipinski definition) is 1. The summed E-state index contributed by atoms with van der Waals surface area (Å²) < 4.78 is 6.09. The molecule has 2 rings (SSSR count). The largest absolute Gasteiger partial charge is 0.497 e. The van der Waals surface area contributed by atoms with Gasteiger partial charge in [-0.1, -0.05) is 12.1 Å². The normalized spacial score (nSPS) is 10.4. The van der Waals surface area contributed by atoms with Crippen molar-refractivity contribution in [3.8, 4) is 5.75 Å². The molecular weight excluding hydrogens is 318 g/mol. The zero-order valence-electron chi connectivity index (χ0n) is 11.9. The first kappa shape index (κ1) is 14.8. The van der Waals surface area contributed by atoms with Crippen molar-refractivity contribution in [1.29, 1.82) is 0 Å². The third-order valence-electron chi connectivity index (χ3n) is 2.93. The Morgan fingerprint density at radius 3 is 2.50 bits per heavy atom. The van der Waals surface area contributed by atoms with Crippen LogP contribution in [0.15, 0.2) is 28.7 Å². The van der Waals surface area contributed by atoms with E-state index in [1.54, 1.807) is 7.11 Å². The lowest BCUT2D eigenvalue weighted by atomic mass is 10.1. The third kappa shape index (κ3) is 3.48. The maximum atomic E-state index is 5.16. The molecule has 0 saturated heterocycles. The van der Waals surface area contributed by atoms with Crippen LogP contribution in [-0.2, 0) is 6.42 Å². The Kier molecular flexibility index (Phi) is 4.95. The predicted octanol–water partition coefficient (Wildman–Crippen LogP) is 3.58. The van der Waals surface area contributed by atoms with Crippen molar-refractivity contribution in [2.24, 2.45) is 0 Å². The summed E-state index contributed by atoms with van der Waals surface area (Å²) >= 11 is 3.52. The summed E-state index contributed by atoms with van der Waals surface area (Å²) in [6, 6.07) is 7.97. The molecule has 0 bridgehead atoms. The Morgan fingerprint density at radius 2 is 1.90 bits per heavy atom. The zero-order valence-corrected chi connectivity index (χ0v) is 13.5. The van der Waals surface area contributed by atoms with Gasteiger partial charge in [0.1, 0.15) is 17.4 Å². The maximum absolute atomic E-state index is 5.16. The van der Waals surface area contributed by atoms with Crippen LogP contribution in [0.4, 0.5) is 5.82 Å². The standard InChI is InChI=1S/C15H18BrN3O/c1-4-17-15-14(16)10(2)18-13(19-15)9-11-5-7-12(20-3)8-6-11/h5-8H,4,9H2,1-3H3,(H,17,18,19). The van der Waals surface area contributed by atoms with E-state index in [1.165, 1.54) is 0 Å². The van der Waals surface area contributed by atoms with Crippen molar-refractivity contribution >= 4 is 21.7 Å². The Balaban J connectivity index is 2.23. The second-order valence-corrected chi connectivity index (χ2v) is 5.24. The molecule has 0 fully saturated rings. The molecule has 0 radical (unpaired) electrons. The number of aromatic nitrogens is 2. The highest BCUT2D eigenvalue weighted by molar-refractivity contribution is 9.10. The monoisotopic (exact) mass is 335 g/mol. The van der Waals surface area contributed by atoms with Crippen LogP contribution < -0.4 is 10.1 Å². The molecule has 0 aliphatic rings. The third-order valence-corrected chi connectivity index (χ3v) is 3.88. The molecule has 0 unspecified atom stereocenters. The fraction of sp³-hybridized carbons (Fsp3) is 0.333. The fourth-order valence-electron chi connectivity index (χ4n) is 1.91. The molecule has 1 aromatic carbocycles. The van der Waals surface area contributed by atoms with E-state index in [4.69, 9.17) is 4.74 Å². The lowest BCUT2D eigenvalue weighted by Gasteiger charge is -2.10. The molecule has 0 atom stereocenters. The Bertz CT molecular complexity index is 584. The van der Waals surface area contributed by atoms with Gasteiger partial charge in [0.15, 0.2) is 0 Å². The number of anilines is 1. The van der Waals surface area contributed by atoms with E-state index in [-0.39, 0.29) is 0 Å². The highest BCUT2D eigenvalue weighted by Crippen LogP contribution is 2.23. The Hall–Kier alpha value is -1.62. The summed E-state index contributed by atoms with van der Waals surface area (Å²) in [6.07, 6.45) is 0.705. The average Bonchev–Trinajstić information content (AvgIpc) is 2.45. The van der Waals surface area contributed by atoms with Crippen LogP contribution in [0.3, 0.4) is 0 Å². The first-order valence-corrected chi connectivity index (χ1v) is 7.33. The van der Waals surface area contributed by atoms with Crippen LogP contribution in [0, 0.1) is 6.92 Å². The van der Waals surface area contributed by atoms with E-state index < -0.39 is 0 Å². The van der Waals surface area contributed by atoms with Crippen molar-refractivity contribution in [3.05, 3.63) is 45.8 Å². The van der Waals surface area contributed by atoms with Crippen LogP contribution in [0.5, 0.6) is 5.75 Å². The van der Waals surface area contributed by atoms with Crippen molar-refractivity contribution in [2.75, 3.05) is 19.0 Å². The number of rotatable bonds is 5. The molecule has 1 N–H and O–H groups in total. The topological polar surface area (TPSA) is 47.0 Å². The van der Waals surface area contributed by atoms with Crippen LogP contribution in [0.1, 0.15) is 24.0 Å². The lowest BCUT2D eigenvalue weighted by Crippen LogP contribution is -2.07. The number of halogens is 1. The predicted molar refractivity (Wildman–Crippen MR) is 84.4 cm³/mol. The smallest absolute Gasteiger partial charge is 0.144 e. The van der Waals surface area contributed by atoms with Gasteiger partial charge in [-0.25, -0.2) is 9.97 Å². The summed E-state index contributed by atoms with van der Waals surface area (Å²) in [4.78, 5) is 9.08. The van der Waals surface area contributed by atoms with Gasteiger partial charge in [0.25, 0.3) is 0 Å². The Labute approximate surface area is 127 Å². The van der Waals surface area contributed by atoms with E-state index >= 15 is 0 Å². The van der Waals surface area contributed by atoms with Gasteiger partial charge in [-0.15, -0.1) is 0 Å². The van der Waals surface area contributed by atoms with Gasteiger partial charge in [-0.2, -0.15) is 0 Å². The number of nitrogens with zero attached hydrogens (tertiary/aromatic N) is 2. The van der Waals surface area contributed by atoms with Gasteiger partial charge in [0.2, 0.25) is 0 Å². The van der Waals surface area contributed by atoms with Crippen molar-refractivity contribution in [1.82, 2.24) is 9.97 Å². The quantitative estimate of drug-likeness (QED) is 0.907. The Morgan fingerprint density at radius 1 is 1.20 bits per heavy atom. The molecule has 0 amide bonds. The molecule has 0 spiro atoms. The SMILES string of the molecule is CCNc1nc(Cc2ccc(OC)cc2)nc(C)c1Br. The second-order valence-electron chi connectivity index (χ2n) is 4.44. The average molecular weight is 336 g/mol. The molecule has 5 heteroatoms. The van der Waals surface area contributed by atoms with Crippen LogP contribution in [0.25, 0.3) is 0 Å². The second kappa shape index (κ2) is 6.70. The molecule has 106 valence electrons. The molecular formula is C15H18BrN3O. The number of benzene rings is 1. The molecule has 0 aliphatic carbocycles. The summed E-state index contributed by atoms with van der Waals surface area (Å²) in [6.45, 7) is 4.86. The summed E-state index contributed by atoms with van der Waals surface area (Å²) in [5.41, 5.74) is 2.11. The molecule has 1 aromatic heterocycles. The number of methoxy groups -OCH3 is 1. The van der Waals surface area contributed by atoms with Gasteiger partial charge in [0, 0.05) is 13.0 Å². The van der Waals surface area contributed by atoms with Gasteiger partial charge < -0.3 is 10.1 Å². The molecule has 0 aliphatic heterocycles. The highest BCUT2D eigenvalue weighted by Gasteiger charge is 2.09. The summed E-state index contributed by atoms with van der Waals surface area (Å²) in [5.74, 6) is 2.52. The summed E-state index contributed by atoms with van der Waals surface area (Å²) in [7, 11) is 1.67. The van der Waals surface area contributed by atoms with E-state index in [2.05, 4.69) is 31.2 Å². The summed E-state index contributed by atoms with van der Waals surface area (Å²) in [5, 5.41) is 3.24. The number of nitrogens with one attached hydrogen (secondary N) is 1. The van der Waals surface area contributed by atoms with Gasteiger partial charge >= 0.3 is 0 Å². The van der Waals surface area contributed by atoms with Crippen molar-refractivity contribution < 1.29 is 4.74 Å². The van der Waals surface area contributed by atoms with Crippen molar-refractivity contribution in [3.63, 3.8) is 0 Å². The highest BCUT2D eigenvalue weighted by atomic mass is 79.9. The minimum Gasteiger partial charge on any atom is -0.497 e. The molecule has 20 heavy (non-hydrogen) atoms. The van der Waals surface area contributed by atoms with E-state index in [0.29, 0.717) is 6.42 Å². The van der Waals surface area contributed by atoms with Crippen LogP contribution >= 0.6 is 15.9 Å². The van der Waals surface area contributed by atoms with E-state index in [0.717, 1.165) is 39.7 Å². The fourth-order valence-corrected chi connectivity index (χ4v) is 2.22. The number of ether oxygens (including phenoxy) is 1. The first-order chi connectivity index (χ1) is 9.63. The number of hydrogen-bond acceptors (Lipinski definition) is 4. The van der Waals surface area contributed by atoms with Crippen molar-refractivity contribution in [2.45, 2.75) is 20.3 Å². The lowest BCUT2D eigenvalue weighted by molar-refractivity contribution is 0.414. The van der Waals surface area contributed by atoms with Gasteiger partial charge in [-0.05, 0) is 47.5 Å². The number of aryl methyl sites for hydroxylation is 1. The van der Waals surface area contributed by atoms with Crippen LogP contribution in [-0.4, -0.2) is 23.6 Å². The molecule has 0 saturated carbocycles. The minimum atomic E-state index is 0.705. The first-order valence-electron chi connectivity index (χ1n) is 6.53. The van der Waals surface area contributed by atoms with E-state index in [9.17, 15) is 0 Å². The van der Waals surface area contributed by atoms with Crippen LogP contribution in [0.2, 0.25) is 0 Å². The zero-order chi connectivity index (χ0) is 14.5. The maximum Gasteiger partial charge on any atom is 0.144 e. The van der Waals surface area contributed by atoms with Gasteiger partial charge in [0.05, 0.1) is 17.3 Å².